The monoisotopic (exact) mass is 264 g/mol. The number of nitrogens with one attached hydrogen (secondary N) is 1. The molecule has 5 heteroatoms. The lowest BCUT2D eigenvalue weighted by atomic mass is 10.2. The number of carbonyl (C=O) groups excluding carboxylic acids is 1. The van der Waals surface area contributed by atoms with Gasteiger partial charge in [0.05, 0.1) is 0 Å². The average molecular weight is 264 g/mol. The predicted octanol–water partition coefficient (Wildman–Crippen LogP) is 2.72. The molecule has 1 aromatic rings. The van der Waals surface area contributed by atoms with E-state index in [1.807, 2.05) is 4.90 Å². The number of aromatic nitrogens is 3. The van der Waals surface area contributed by atoms with Gasteiger partial charge in [0.15, 0.2) is 0 Å². The maximum absolute atomic E-state index is 12.4. The van der Waals surface area contributed by atoms with Crippen LogP contribution in [0.15, 0.2) is 0 Å². The largest absolute Gasteiger partial charge is 0.336 e. The summed E-state index contributed by atoms with van der Waals surface area (Å²) >= 11 is 0. The van der Waals surface area contributed by atoms with E-state index >= 15 is 0 Å². The molecule has 1 aliphatic carbocycles. The SMILES string of the molecule is CCCCN(CCCC)C(=O)c1n[nH]c(C2CC2)n1. The second-order valence-electron chi connectivity index (χ2n) is 5.32. The van der Waals surface area contributed by atoms with Crippen LogP contribution in [-0.2, 0) is 0 Å². The zero-order chi connectivity index (χ0) is 13.7. The van der Waals surface area contributed by atoms with E-state index in [4.69, 9.17) is 0 Å². The molecule has 0 bridgehead atoms. The lowest BCUT2D eigenvalue weighted by Gasteiger charge is -2.20. The van der Waals surface area contributed by atoms with Crippen molar-refractivity contribution in [1.82, 2.24) is 20.1 Å². The fraction of sp³-hybridized carbons (Fsp3) is 0.786. The van der Waals surface area contributed by atoms with E-state index in [-0.39, 0.29) is 5.91 Å². The summed E-state index contributed by atoms with van der Waals surface area (Å²) in [5.74, 6) is 1.71. The van der Waals surface area contributed by atoms with Crippen LogP contribution >= 0.6 is 0 Å². The van der Waals surface area contributed by atoms with E-state index in [9.17, 15) is 4.79 Å². The van der Waals surface area contributed by atoms with Gasteiger partial charge in [-0.25, -0.2) is 4.98 Å². The Labute approximate surface area is 114 Å². The third-order valence-corrected chi connectivity index (χ3v) is 3.51. The van der Waals surface area contributed by atoms with Gasteiger partial charge in [0.1, 0.15) is 5.82 Å². The number of hydrogen-bond donors (Lipinski definition) is 1. The molecule has 1 amide bonds. The van der Waals surface area contributed by atoms with E-state index in [2.05, 4.69) is 29.0 Å². The summed E-state index contributed by atoms with van der Waals surface area (Å²) in [6, 6.07) is 0. The Bertz CT molecular complexity index is 403. The highest BCUT2D eigenvalue weighted by atomic mass is 16.2. The molecule has 0 spiro atoms. The molecule has 0 unspecified atom stereocenters. The van der Waals surface area contributed by atoms with Gasteiger partial charge in [-0.3, -0.25) is 9.89 Å². The van der Waals surface area contributed by atoms with Crippen LogP contribution in [0.2, 0.25) is 0 Å². The van der Waals surface area contributed by atoms with Crippen LogP contribution in [-0.4, -0.2) is 39.1 Å². The van der Waals surface area contributed by atoms with E-state index in [0.29, 0.717) is 11.7 Å². The minimum absolute atomic E-state index is 0.0231. The average Bonchev–Trinajstić information content (AvgIpc) is 3.16. The second-order valence-corrected chi connectivity index (χ2v) is 5.32. The Morgan fingerprint density at radius 1 is 1.26 bits per heavy atom. The molecule has 0 aliphatic heterocycles. The molecular formula is C14H24N4O. The first-order valence-electron chi connectivity index (χ1n) is 7.47. The fourth-order valence-electron chi connectivity index (χ4n) is 2.06. The van der Waals surface area contributed by atoms with Gasteiger partial charge in [0.25, 0.3) is 5.91 Å². The topological polar surface area (TPSA) is 61.9 Å². The molecule has 1 aromatic heterocycles. The second kappa shape index (κ2) is 6.68. The molecule has 1 heterocycles. The molecular weight excluding hydrogens is 240 g/mol. The van der Waals surface area contributed by atoms with E-state index < -0.39 is 0 Å². The normalized spacial score (nSPS) is 14.6. The number of aromatic amines is 1. The Balaban J connectivity index is 1.98. The van der Waals surface area contributed by atoms with Crippen molar-refractivity contribution in [3.05, 3.63) is 11.6 Å². The van der Waals surface area contributed by atoms with Gasteiger partial charge in [-0.15, -0.1) is 5.10 Å². The van der Waals surface area contributed by atoms with Crippen LogP contribution in [0, 0.1) is 0 Å². The smallest absolute Gasteiger partial charge is 0.293 e. The molecule has 0 atom stereocenters. The summed E-state index contributed by atoms with van der Waals surface area (Å²) in [6.45, 7) is 5.90. The van der Waals surface area contributed by atoms with Crippen LogP contribution in [0.4, 0.5) is 0 Å². The van der Waals surface area contributed by atoms with Crippen molar-refractivity contribution in [2.75, 3.05) is 13.1 Å². The maximum atomic E-state index is 12.4. The molecule has 1 N–H and O–H groups in total. The van der Waals surface area contributed by atoms with Gasteiger partial charge in [0, 0.05) is 19.0 Å². The van der Waals surface area contributed by atoms with Crippen LogP contribution < -0.4 is 0 Å². The standard InChI is InChI=1S/C14H24N4O/c1-3-5-9-18(10-6-4-2)14(19)13-15-12(16-17-13)11-7-8-11/h11H,3-10H2,1-2H3,(H,15,16,17). The fourth-order valence-corrected chi connectivity index (χ4v) is 2.06. The van der Waals surface area contributed by atoms with Crippen molar-refractivity contribution >= 4 is 5.91 Å². The van der Waals surface area contributed by atoms with Crippen LogP contribution in [0.25, 0.3) is 0 Å². The zero-order valence-corrected chi connectivity index (χ0v) is 12.0. The van der Waals surface area contributed by atoms with E-state index in [1.54, 1.807) is 0 Å². The highest BCUT2D eigenvalue weighted by Crippen LogP contribution is 2.37. The molecule has 5 nitrogen and oxygen atoms in total. The lowest BCUT2D eigenvalue weighted by molar-refractivity contribution is 0.0739. The quantitative estimate of drug-likeness (QED) is 0.785. The van der Waals surface area contributed by atoms with E-state index in [1.165, 1.54) is 0 Å². The summed E-state index contributed by atoms with van der Waals surface area (Å²) in [4.78, 5) is 18.6. The number of hydrogen-bond acceptors (Lipinski definition) is 3. The van der Waals surface area contributed by atoms with Crippen molar-refractivity contribution in [3.63, 3.8) is 0 Å². The molecule has 0 radical (unpaired) electrons. The van der Waals surface area contributed by atoms with Crippen LogP contribution in [0.3, 0.4) is 0 Å². The van der Waals surface area contributed by atoms with Crippen molar-refractivity contribution in [2.24, 2.45) is 0 Å². The third kappa shape index (κ3) is 3.78. The third-order valence-electron chi connectivity index (χ3n) is 3.51. The minimum atomic E-state index is -0.0231. The van der Waals surface area contributed by atoms with Gasteiger partial charge in [0.2, 0.25) is 5.82 Å². The number of carbonyl (C=O) groups is 1. The van der Waals surface area contributed by atoms with Crippen molar-refractivity contribution < 1.29 is 4.79 Å². The number of H-pyrrole nitrogens is 1. The number of amides is 1. The van der Waals surface area contributed by atoms with Gasteiger partial charge in [-0.2, -0.15) is 0 Å². The first kappa shape index (κ1) is 14.0. The van der Waals surface area contributed by atoms with Gasteiger partial charge in [-0.1, -0.05) is 26.7 Å². The summed E-state index contributed by atoms with van der Waals surface area (Å²) in [5, 5.41) is 6.99. The Kier molecular flexibility index (Phi) is 4.93. The summed E-state index contributed by atoms with van der Waals surface area (Å²) in [7, 11) is 0. The first-order chi connectivity index (χ1) is 9.26. The molecule has 2 rings (SSSR count). The Hall–Kier alpha value is -1.39. The van der Waals surface area contributed by atoms with Gasteiger partial charge < -0.3 is 4.90 Å². The summed E-state index contributed by atoms with van der Waals surface area (Å²) in [6.07, 6.45) is 6.59. The molecule has 1 aliphatic rings. The molecule has 1 saturated carbocycles. The molecule has 19 heavy (non-hydrogen) atoms. The number of nitrogens with zero attached hydrogens (tertiary/aromatic N) is 3. The number of rotatable bonds is 8. The molecule has 0 saturated heterocycles. The summed E-state index contributed by atoms with van der Waals surface area (Å²) in [5.41, 5.74) is 0. The van der Waals surface area contributed by atoms with Crippen molar-refractivity contribution in [1.29, 1.82) is 0 Å². The highest BCUT2D eigenvalue weighted by molar-refractivity contribution is 5.90. The van der Waals surface area contributed by atoms with Gasteiger partial charge in [-0.05, 0) is 25.7 Å². The van der Waals surface area contributed by atoms with Crippen molar-refractivity contribution in [3.8, 4) is 0 Å². The van der Waals surface area contributed by atoms with Gasteiger partial charge >= 0.3 is 0 Å². The molecule has 1 fully saturated rings. The van der Waals surface area contributed by atoms with Crippen LogP contribution in [0.5, 0.6) is 0 Å². The minimum Gasteiger partial charge on any atom is -0.336 e. The number of unbranched alkanes of at least 4 members (excludes halogenated alkanes) is 2. The highest BCUT2D eigenvalue weighted by Gasteiger charge is 2.29. The molecule has 106 valence electrons. The lowest BCUT2D eigenvalue weighted by Crippen LogP contribution is -2.33. The first-order valence-corrected chi connectivity index (χ1v) is 7.47. The predicted molar refractivity (Wildman–Crippen MR) is 74.1 cm³/mol. The Morgan fingerprint density at radius 3 is 2.42 bits per heavy atom. The van der Waals surface area contributed by atoms with Crippen molar-refractivity contribution in [2.45, 2.75) is 58.3 Å². The zero-order valence-electron chi connectivity index (χ0n) is 12.0. The van der Waals surface area contributed by atoms with E-state index in [0.717, 1.165) is 57.4 Å². The molecule has 0 aromatic carbocycles. The Morgan fingerprint density at radius 2 is 1.89 bits per heavy atom. The maximum Gasteiger partial charge on any atom is 0.293 e. The summed E-state index contributed by atoms with van der Waals surface area (Å²) < 4.78 is 0. The van der Waals surface area contributed by atoms with Crippen LogP contribution in [0.1, 0.15) is 74.7 Å².